The van der Waals surface area contributed by atoms with Gasteiger partial charge in [0.1, 0.15) is 0 Å². The van der Waals surface area contributed by atoms with Crippen LogP contribution in [-0.2, 0) is 4.74 Å². The van der Waals surface area contributed by atoms with Gasteiger partial charge in [-0.3, -0.25) is 5.10 Å². The number of nitriles is 1. The highest BCUT2D eigenvalue weighted by atomic mass is 16.5. The van der Waals surface area contributed by atoms with E-state index in [-0.39, 0.29) is 5.97 Å². The van der Waals surface area contributed by atoms with Gasteiger partial charge in [-0.2, -0.15) is 10.2 Å². The van der Waals surface area contributed by atoms with Crippen LogP contribution in [0.4, 0.5) is 11.6 Å². The third-order valence-corrected chi connectivity index (χ3v) is 3.85. The van der Waals surface area contributed by atoms with Gasteiger partial charge in [-0.1, -0.05) is 0 Å². The van der Waals surface area contributed by atoms with Gasteiger partial charge in [0, 0.05) is 5.69 Å². The Morgan fingerprint density at radius 1 is 1.27 bits per heavy atom. The topological polar surface area (TPSA) is 108 Å². The van der Waals surface area contributed by atoms with Crippen LogP contribution in [0.25, 0.3) is 16.8 Å². The first kappa shape index (κ1) is 15.7. The number of anilines is 2. The van der Waals surface area contributed by atoms with Crippen LogP contribution in [0.5, 0.6) is 0 Å². The van der Waals surface area contributed by atoms with Crippen LogP contribution in [0, 0.1) is 11.3 Å². The van der Waals surface area contributed by atoms with Crippen molar-refractivity contribution in [1.82, 2.24) is 19.6 Å². The third-order valence-electron chi connectivity index (χ3n) is 3.85. The van der Waals surface area contributed by atoms with Crippen LogP contribution in [0.3, 0.4) is 0 Å². The minimum atomic E-state index is -0.348. The molecule has 0 aliphatic carbocycles. The Morgan fingerprint density at radius 2 is 2.08 bits per heavy atom. The predicted molar refractivity (Wildman–Crippen MR) is 95.2 cm³/mol. The first-order valence-electron chi connectivity index (χ1n) is 8.00. The summed E-state index contributed by atoms with van der Waals surface area (Å²) < 4.78 is 6.71. The van der Waals surface area contributed by atoms with Crippen molar-refractivity contribution in [2.24, 2.45) is 0 Å². The Balaban J connectivity index is 1.59. The molecular formula is C18H14N6O2. The quantitative estimate of drug-likeness (QED) is 0.550. The molecular weight excluding hydrogens is 332 g/mol. The molecule has 0 bridgehead atoms. The summed E-state index contributed by atoms with van der Waals surface area (Å²) in [6.07, 6.45) is 0. The maximum atomic E-state index is 11.7. The number of nitrogens with zero attached hydrogens (tertiary/aromatic N) is 4. The average molecular weight is 346 g/mol. The van der Waals surface area contributed by atoms with E-state index in [1.165, 1.54) is 0 Å². The zero-order valence-electron chi connectivity index (χ0n) is 13.9. The van der Waals surface area contributed by atoms with Crippen molar-refractivity contribution in [2.45, 2.75) is 6.92 Å². The number of esters is 1. The summed E-state index contributed by atoms with van der Waals surface area (Å²) in [4.78, 5) is 20.5. The highest BCUT2D eigenvalue weighted by Gasteiger charge is 2.11. The number of hydrogen-bond donors (Lipinski definition) is 2. The lowest BCUT2D eigenvalue weighted by atomic mass is 10.2. The van der Waals surface area contributed by atoms with Gasteiger partial charge in [0.15, 0.2) is 0 Å². The molecule has 0 aliphatic heterocycles. The molecule has 26 heavy (non-hydrogen) atoms. The van der Waals surface area contributed by atoms with Gasteiger partial charge in [0.25, 0.3) is 5.78 Å². The maximum Gasteiger partial charge on any atom is 0.338 e. The monoisotopic (exact) mass is 346 g/mol. The van der Waals surface area contributed by atoms with Crippen molar-refractivity contribution in [3.05, 3.63) is 53.6 Å². The lowest BCUT2D eigenvalue weighted by Gasteiger charge is -2.04. The normalized spacial score (nSPS) is 10.8. The van der Waals surface area contributed by atoms with Gasteiger partial charge < -0.3 is 10.1 Å². The Labute approximate surface area is 148 Å². The molecule has 0 aliphatic rings. The number of fused-ring (bicyclic) bond motifs is 3. The number of benzene rings is 2. The van der Waals surface area contributed by atoms with E-state index in [1.807, 2.05) is 6.07 Å². The summed E-state index contributed by atoms with van der Waals surface area (Å²) in [5.41, 5.74) is 3.35. The number of rotatable bonds is 4. The highest BCUT2D eigenvalue weighted by molar-refractivity contribution is 5.89. The second-order valence-electron chi connectivity index (χ2n) is 5.56. The van der Waals surface area contributed by atoms with Crippen molar-refractivity contribution < 1.29 is 9.53 Å². The Morgan fingerprint density at radius 3 is 2.81 bits per heavy atom. The molecule has 0 saturated carbocycles. The van der Waals surface area contributed by atoms with E-state index in [1.54, 1.807) is 47.8 Å². The second kappa shape index (κ2) is 6.22. The molecule has 0 amide bonds. The number of carbonyl (C=O) groups excluding carboxylic acids is 1. The molecule has 2 aromatic heterocycles. The standard InChI is InChI=1S/C18H14N6O2/c1-2-26-16(25)12-4-6-13(7-5-12)20-17-22-18-21-14-9-11(10-19)3-8-15(14)24(18)23-17/h3-9H,2H2,1H3,(H2,20,21,22,23). The molecule has 4 rings (SSSR count). The Bertz CT molecular complexity index is 1150. The Kier molecular flexibility index (Phi) is 3.74. The predicted octanol–water partition coefficient (Wildman–Crippen LogP) is 3.00. The smallest absolute Gasteiger partial charge is 0.338 e. The molecule has 4 aromatic rings. The Hall–Kier alpha value is -3.86. The van der Waals surface area contributed by atoms with Crippen LogP contribution in [-0.4, -0.2) is 32.2 Å². The molecule has 0 unspecified atom stereocenters. The fraction of sp³-hybridized carbons (Fsp3) is 0.111. The van der Waals surface area contributed by atoms with Gasteiger partial charge in [-0.25, -0.2) is 14.3 Å². The molecule has 2 aromatic carbocycles. The van der Waals surface area contributed by atoms with E-state index in [0.29, 0.717) is 35.0 Å². The lowest BCUT2D eigenvalue weighted by molar-refractivity contribution is 0.0526. The van der Waals surface area contributed by atoms with E-state index in [2.05, 4.69) is 26.5 Å². The van der Waals surface area contributed by atoms with Crippen LogP contribution >= 0.6 is 0 Å². The summed E-state index contributed by atoms with van der Waals surface area (Å²) in [6.45, 7) is 2.11. The van der Waals surface area contributed by atoms with E-state index < -0.39 is 0 Å². The summed E-state index contributed by atoms with van der Waals surface area (Å²) in [5.74, 6) is 0.669. The van der Waals surface area contributed by atoms with Crippen molar-refractivity contribution in [1.29, 1.82) is 5.26 Å². The second-order valence-corrected chi connectivity index (χ2v) is 5.56. The van der Waals surface area contributed by atoms with Gasteiger partial charge in [-0.05, 0) is 49.4 Å². The van der Waals surface area contributed by atoms with Crippen molar-refractivity contribution in [3.63, 3.8) is 0 Å². The number of carbonyl (C=O) groups is 1. The van der Waals surface area contributed by atoms with E-state index >= 15 is 0 Å². The number of nitrogens with one attached hydrogen (secondary N) is 2. The number of aromatic nitrogens is 4. The molecule has 0 spiro atoms. The molecule has 0 fully saturated rings. The van der Waals surface area contributed by atoms with Crippen LogP contribution in [0.2, 0.25) is 0 Å². The number of H-pyrrole nitrogens is 1. The average Bonchev–Trinajstić information content (AvgIpc) is 3.18. The van der Waals surface area contributed by atoms with Gasteiger partial charge in [0.05, 0.1) is 34.8 Å². The molecule has 2 N–H and O–H groups in total. The zero-order valence-corrected chi connectivity index (χ0v) is 13.9. The first-order chi connectivity index (χ1) is 12.7. The third kappa shape index (κ3) is 2.71. The summed E-state index contributed by atoms with van der Waals surface area (Å²) in [6, 6.07) is 14.3. The molecule has 8 nitrogen and oxygen atoms in total. The van der Waals surface area contributed by atoms with Crippen molar-refractivity contribution in [3.8, 4) is 6.07 Å². The molecule has 2 heterocycles. The largest absolute Gasteiger partial charge is 0.462 e. The van der Waals surface area contributed by atoms with Gasteiger partial charge in [-0.15, -0.1) is 0 Å². The van der Waals surface area contributed by atoms with Crippen molar-refractivity contribution in [2.75, 3.05) is 11.9 Å². The van der Waals surface area contributed by atoms with Gasteiger partial charge >= 0.3 is 5.97 Å². The van der Waals surface area contributed by atoms with Gasteiger partial charge in [0.2, 0.25) is 5.95 Å². The van der Waals surface area contributed by atoms with E-state index in [4.69, 9.17) is 10.00 Å². The minimum Gasteiger partial charge on any atom is -0.462 e. The summed E-state index contributed by atoms with van der Waals surface area (Å²) in [5, 5.41) is 15.2. The maximum absolute atomic E-state index is 11.7. The van der Waals surface area contributed by atoms with E-state index in [9.17, 15) is 4.79 Å². The van der Waals surface area contributed by atoms with Crippen LogP contribution < -0.4 is 5.32 Å². The molecule has 128 valence electrons. The van der Waals surface area contributed by atoms with Crippen LogP contribution in [0.15, 0.2) is 42.5 Å². The van der Waals surface area contributed by atoms with Crippen LogP contribution in [0.1, 0.15) is 22.8 Å². The number of ether oxygens (including phenoxy) is 1. The molecule has 0 saturated heterocycles. The minimum absolute atomic E-state index is 0.342. The zero-order chi connectivity index (χ0) is 18.1. The summed E-state index contributed by atoms with van der Waals surface area (Å²) >= 11 is 0. The SMILES string of the molecule is CCOC(=O)c1ccc(Nc2nc3nc4cc(C#N)ccc4n3[nH]2)cc1. The fourth-order valence-corrected chi connectivity index (χ4v) is 2.65. The number of imidazole rings is 1. The van der Waals surface area contributed by atoms with Crippen molar-refractivity contribution >= 4 is 34.4 Å². The first-order valence-corrected chi connectivity index (χ1v) is 8.00. The number of hydrogen-bond acceptors (Lipinski definition) is 6. The molecule has 8 heteroatoms. The number of aromatic amines is 1. The molecule has 0 atom stereocenters. The van der Waals surface area contributed by atoms with E-state index in [0.717, 1.165) is 11.2 Å². The summed E-state index contributed by atoms with van der Waals surface area (Å²) in [7, 11) is 0. The molecule has 0 radical (unpaired) electrons. The highest BCUT2D eigenvalue weighted by Crippen LogP contribution is 2.20. The lowest BCUT2D eigenvalue weighted by Crippen LogP contribution is -2.04. The fourth-order valence-electron chi connectivity index (χ4n) is 2.65.